The summed E-state index contributed by atoms with van der Waals surface area (Å²) in [4.78, 5) is 4.64. The van der Waals surface area contributed by atoms with Crippen LogP contribution in [0.2, 0.25) is 0 Å². The minimum Gasteiger partial charge on any atom is -0.496 e. The van der Waals surface area contributed by atoms with E-state index in [4.69, 9.17) is 23.7 Å². The summed E-state index contributed by atoms with van der Waals surface area (Å²) in [6, 6.07) is 3.65. The molecule has 154 valence electrons. The molecule has 2 N–H and O–H groups in total. The van der Waals surface area contributed by atoms with Crippen LogP contribution in [0.5, 0.6) is 17.2 Å². The molecule has 0 aliphatic carbocycles. The number of hydrogen-bond acceptors (Lipinski definition) is 6. The summed E-state index contributed by atoms with van der Waals surface area (Å²) in [6.07, 6.45) is 0.878. The highest BCUT2D eigenvalue weighted by molar-refractivity contribution is 5.79. The molecule has 0 fully saturated rings. The van der Waals surface area contributed by atoms with E-state index in [9.17, 15) is 0 Å². The van der Waals surface area contributed by atoms with Crippen LogP contribution >= 0.6 is 0 Å². The molecule has 0 unspecified atom stereocenters. The summed E-state index contributed by atoms with van der Waals surface area (Å²) in [7, 11) is 6.51. The molecule has 8 heteroatoms. The molecule has 1 rings (SSSR count). The quantitative estimate of drug-likeness (QED) is 0.305. The molecule has 0 heterocycles. The minimum atomic E-state index is 0.413. The Morgan fingerprint density at radius 1 is 0.926 bits per heavy atom. The topological polar surface area (TPSA) is 82.6 Å². The van der Waals surface area contributed by atoms with E-state index >= 15 is 0 Å². The van der Waals surface area contributed by atoms with Gasteiger partial charge in [0.25, 0.3) is 0 Å². The van der Waals surface area contributed by atoms with Crippen molar-refractivity contribution in [3.8, 4) is 17.2 Å². The van der Waals surface area contributed by atoms with Crippen molar-refractivity contribution in [3.05, 3.63) is 17.7 Å². The average Bonchev–Trinajstić information content (AvgIpc) is 2.70. The lowest BCUT2D eigenvalue weighted by atomic mass is 10.1. The lowest BCUT2D eigenvalue weighted by Crippen LogP contribution is -2.38. The summed E-state index contributed by atoms with van der Waals surface area (Å²) in [6.45, 7) is 5.87. The van der Waals surface area contributed by atoms with Crippen LogP contribution < -0.4 is 24.8 Å². The Bertz CT molecular complexity index is 541. The Labute approximate surface area is 162 Å². The molecule has 0 amide bonds. The molecule has 0 aliphatic heterocycles. The van der Waals surface area contributed by atoms with Crippen LogP contribution in [0, 0.1) is 0 Å². The predicted molar refractivity (Wildman–Crippen MR) is 106 cm³/mol. The standard InChI is InChI=1S/C19H33N3O5/c1-6-20-19(21-8-7-9-27-11-10-23-2)22-14-16-17(25-4)12-15(24-3)13-18(16)26-5/h12-13H,6-11,14H2,1-5H3,(H2,20,21,22). The van der Waals surface area contributed by atoms with Gasteiger partial charge in [0, 0.05) is 38.9 Å². The Kier molecular flexibility index (Phi) is 11.8. The number of ether oxygens (including phenoxy) is 5. The van der Waals surface area contributed by atoms with Gasteiger partial charge in [-0.1, -0.05) is 0 Å². The van der Waals surface area contributed by atoms with Gasteiger partial charge in [0.15, 0.2) is 5.96 Å². The predicted octanol–water partition coefficient (Wildman–Crippen LogP) is 1.82. The van der Waals surface area contributed by atoms with E-state index in [0.717, 1.165) is 31.0 Å². The number of aliphatic imine (C=N–C) groups is 1. The summed E-state index contributed by atoms with van der Waals surface area (Å²) >= 11 is 0. The normalized spacial score (nSPS) is 11.2. The van der Waals surface area contributed by atoms with Gasteiger partial charge >= 0.3 is 0 Å². The second-order valence-corrected chi connectivity index (χ2v) is 5.59. The fourth-order valence-corrected chi connectivity index (χ4v) is 2.36. The first-order valence-corrected chi connectivity index (χ1v) is 9.07. The number of rotatable bonds is 13. The molecule has 0 aliphatic rings. The lowest BCUT2D eigenvalue weighted by Gasteiger charge is -2.15. The molecule has 0 saturated carbocycles. The van der Waals surface area contributed by atoms with Crippen molar-refractivity contribution in [2.45, 2.75) is 19.9 Å². The number of methoxy groups -OCH3 is 4. The van der Waals surface area contributed by atoms with E-state index in [0.29, 0.717) is 43.6 Å². The number of hydrogen-bond donors (Lipinski definition) is 2. The Morgan fingerprint density at radius 2 is 1.63 bits per heavy atom. The molecule has 0 bridgehead atoms. The highest BCUT2D eigenvalue weighted by Crippen LogP contribution is 2.34. The molecule has 1 aromatic carbocycles. The van der Waals surface area contributed by atoms with Crippen LogP contribution in [0.3, 0.4) is 0 Å². The number of nitrogens with one attached hydrogen (secondary N) is 2. The Morgan fingerprint density at radius 3 is 2.19 bits per heavy atom. The zero-order valence-electron chi connectivity index (χ0n) is 17.1. The fraction of sp³-hybridized carbons (Fsp3) is 0.632. The van der Waals surface area contributed by atoms with Gasteiger partial charge in [-0.25, -0.2) is 4.99 Å². The molecule has 0 radical (unpaired) electrons. The second kappa shape index (κ2) is 13.9. The van der Waals surface area contributed by atoms with E-state index < -0.39 is 0 Å². The van der Waals surface area contributed by atoms with Gasteiger partial charge in [-0.15, -0.1) is 0 Å². The Balaban J connectivity index is 2.69. The third kappa shape index (κ3) is 8.36. The van der Waals surface area contributed by atoms with Crippen molar-refractivity contribution in [2.75, 3.05) is 61.3 Å². The number of benzene rings is 1. The summed E-state index contributed by atoms with van der Waals surface area (Å²) in [5, 5.41) is 6.53. The van der Waals surface area contributed by atoms with E-state index in [-0.39, 0.29) is 0 Å². The SMILES string of the molecule is CCNC(=NCc1c(OC)cc(OC)cc1OC)NCCCOCCOC. The first-order valence-electron chi connectivity index (χ1n) is 9.07. The van der Waals surface area contributed by atoms with E-state index in [1.165, 1.54) is 0 Å². The van der Waals surface area contributed by atoms with Crippen molar-refractivity contribution in [1.29, 1.82) is 0 Å². The van der Waals surface area contributed by atoms with Gasteiger partial charge in [-0.3, -0.25) is 0 Å². The molecule has 0 atom stereocenters. The summed E-state index contributed by atoms with van der Waals surface area (Å²) < 4.78 is 26.6. The smallest absolute Gasteiger partial charge is 0.191 e. The zero-order chi connectivity index (χ0) is 19.9. The maximum atomic E-state index is 5.47. The number of nitrogens with zero attached hydrogens (tertiary/aromatic N) is 1. The largest absolute Gasteiger partial charge is 0.496 e. The van der Waals surface area contributed by atoms with Crippen LogP contribution in [-0.4, -0.2) is 67.3 Å². The Hall–Kier alpha value is -2.19. The first-order chi connectivity index (χ1) is 13.2. The molecule has 0 saturated heterocycles. The van der Waals surface area contributed by atoms with Gasteiger partial charge < -0.3 is 34.3 Å². The monoisotopic (exact) mass is 383 g/mol. The van der Waals surface area contributed by atoms with Crippen LogP contribution in [0.15, 0.2) is 17.1 Å². The molecule has 8 nitrogen and oxygen atoms in total. The van der Waals surface area contributed by atoms with Crippen molar-refractivity contribution >= 4 is 5.96 Å². The molecular formula is C19H33N3O5. The fourth-order valence-electron chi connectivity index (χ4n) is 2.36. The lowest BCUT2D eigenvalue weighted by molar-refractivity contribution is 0.0698. The van der Waals surface area contributed by atoms with Crippen LogP contribution in [0.4, 0.5) is 0 Å². The highest BCUT2D eigenvalue weighted by Gasteiger charge is 2.13. The maximum absolute atomic E-state index is 5.47. The van der Waals surface area contributed by atoms with Crippen LogP contribution in [0.1, 0.15) is 18.9 Å². The zero-order valence-corrected chi connectivity index (χ0v) is 17.1. The highest BCUT2D eigenvalue weighted by atomic mass is 16.5. The molecule has 1 aromatic rings. The summed E-state index contributed by atoms with van der Waals surface area (Å²) in [5.74, 6) is 2.76. The summed E-state index contributed by atoms with van der Waals surface area (Å²) in [5.41, 5.74) is 0.862. The molecular weight excluding hydrogens is 350 g/mol. The molecule has 0 aromatic heterocycles. The van der Waals surface area contributed by atoms with E-state index in [2.05, 4.69) is 15.6 Å². The molecule has 0 spiro atoms. The second-order valence-electron chi connectivity index (χ2n) is 5.59. The van der Waals surface area contributed by atoms with Gasteiger partial charge in [0.05, 0.1) is 46.7 Å². The van der Waals surface area contributed by atoms with E-state index in [1.54, 1.807) is 28.4 Å². The molecule has 27 heavy (non-hydrogen) atoms. The first kappa shape index (κ1) is 22.9. The van der Waals surface area contributed by atoms with Crippen LogP contribution in [-0.2, 0) is 16.0 Å². The van der Waals surface area contributed by atoms with E-state index in [1.807, 2.05) is 19.1 Å². The maximum Gasteiger partial charge on any atom is 0.191 e. The van der Waals surface area contributed by atoms with Gasteiger partial charge in [0.2, 0.25) is 0 Å². The van der Waals surface area contributed by atoms with Gasteiger partial charge in [-0.2, -0.15) is 0 Å². The average molecular weight is 383 g/mol. The van der Waals surface area contributed by atoms with Gasteiger partial charge in [0.1, 0.15) is 17.2 Å². The van der Waals surface area contributed by atoms with Crippen molar-refractivity contribution in [1.82, 2.24) is 10.6 Å². The van der Waals surface area contributed by atoms with Gasteiger partial charge in [-0.05, 0) is 13.3 Å². The number of guanidine groups is 1. The van der Waals surface area contributed by atoms with Crippen molar-refractivity contribution in [2.24, 2.45) is 4.99 Å². The third-order valence-electron chi connectivity index (χ3n) is 3.75. The third-order valence-corrected chi connectivity index (χ3v) is 3.75. The minimum absolute atomic E-state index is 0.413. The van der Waals surface area contributed by atoms with Crippen molar-refractivity contribution < 1.29 is 23.7 Å². The van der Waals surface area contributed by atoms with Crippen LogP contribution in [0.25, 0.3) is 0 Å². The van der Waals surface area contributed by atoms with Crippen molar-refractivity contribution in [3.63, 3.8) is 0 Å².